The van der Waals surface area contributed by atoms with E-state index in [0.717, 1.165) is 28.4 Å². The quantitative estimate of drug-likeness (QED) is 0.506. The van der Waals surface area contributed by atoms with Crippen LogP contribution in [0, 0.1) is 20.8 Å². The van der Waals surface area contributed by atoms with Crippen molar-refractivity contribution in [2.24, 2.45) is 0 Å². The zero-order valence-electron chi connectivity index (χ0n) is 15.1. The minimum atomic E-state index is 0. The van der Waals surface area contributed by atoms with E-state index in [1.54, 1.807) is 11.3 Å². The van der Waals surface area contributed by atoms with Crippen LogP contribution < -0.4 is 29.6 Å². The summed E-state index contributed by atoms with van der Waals surface area (Å²) < 4.78 is 0. The SMILES string of the molecule is Cc1csc(C=O)n1.Cc1csc(CO)n1.Cc1cscn1.[B].[H-].[Na+]. The van der Waals surface area contributed by atoms with Gasteiger partial charge >= 0.3 is 29.6 Å². The predicted octanol–water partition coefficient (Wildman–Crippen LogP) is 0.395. The number of aliphatic hydroxyl groups excluding tert-OH is 1. The number of rotatable bonds is 2. The van der Waals surface area contributed by atoms with Gasteiger partial charge in [0.2, 0.25) is 0 Å². The molecule has 3 aromatic rings. The second kappa shape index (κ2) is 14.9. The summed E-state index contributed by atoms with van der Waals surface area (Å²) in [4.78, 5) is 21.8. The number of carbonyl (C=O) groups excluding carboxylic acids is 1. The molecule has 0 aromatic carbocycles. The van der Waals surface area contributed by atoms with Gasteiger partial charge in [0, 0.05) is 41.6 Å². The average molecular weight is 390 g/mol. The van der Waals surface area contributed by atoms with E-state index in [2.05, 4.69) is 15.0 Å². The number of carbonyl (C=O) groups is 1. The monoisotopic (exact) mass is 390 g/mol. The van der Waals surface area contributed by atoms with Crippen molar-refractivity contribution >= 4 is 48.7 Å². The molecule has 123 valence electrons. The van der Waals surface area contributed by atoms with Crippen LogP contribution in [0.2, 0.25) is 0 Å². The normalized spacial score (nSPS) is 8.50. The van der Waals surface area contributed by atoms with E-state index >= 15 is 0 Å². The fraction of sp³-hybridized carbons (Fsp3) is 0.286. The Labute approximate surface area is 179 Å². The van der Waals surface area contributed by atoms with Gasteiger partial charge in [0.05, 0.1) is 12.1 Å². The fourth-order valence-corrected chi connectivity index (χ4v) is 2.95. The third-order valence-corrected chi connectivity index (χ3v) is 4.64. The molecule has 10 heteroatoms. The van der Waals surface area contributed by atoms with E-state index in [-0.39, 0.29) is 46.0 Å². The molecule has 0 aliphatic carbocycles. The summed E-state index contributed by atoms with van der Waals surface area (Å²) in [5.41, 5.74) is 4.84. The second-order valence-electron chi connectivity index (χ2n) is 4.12. The first-order valence-electron chi connectivity index (χ1n) is 6.29. The Morgan fingerprint density at radius 3 is 1.92 bits per heavy atom. The standard InChI is InChI=1S/C5H7NOS.C5H5NOS.C4H5NS.B.Na.H/c2*1-4-3-8-5(2-7)6-4;1-4-2-6-3-5-4;;;/h3,7H,2H2,1H3;2-3H,1H3;2-3H,1H3;;;/q;;;;+1;-1. The van der Waals surface area contributed by atoms with Crippen LogP contribution in [0.15, 0.2) is 21.7 Å². The van der Waals surface area contributed by atoms with Gasteiger partial charge in [0.15, 0.2) is 11.3 Å². The fourth-order valence-electron chi connectivity index (χ4n) is 1.17. The molecule has 0 bridgehead atoms. The Kier molecular flexibility index (Phi) is 16.0. The molecule has 3 heterocycles. The first-order chi connectivity index (χ1) is 10.5. The molecule has 5 nitrogen and oxygen atoms in total. The van der Waals surface area contributed by atoms with Crippen LogP contribution in [0.5, 0.6) is 0 Å². The van der Waals surface area contributed by atoms with Crippen molar-refractivity contribution < 1.29 is 40.9 Å². The smallest absolute Gasteiger partial charge is 1.00 e. The third-order valence-electron chi connectivity index (χ3n) is 2.10. The molecule has 0 fully saturated rings. The first-order valence-corrected chi connectivity index (χ1v) is 8.99. The van der Waals surface area contributed by atoms with E-state index in [9.17, 15) is 4.79 Å². The minimum Gasteiger partial charge on any atom is -1.00 e. The minimum absolute atomic E-state index is 0. The van der Waals surface area contributed by atoms with Crippen molar-refractivity contribution in [2.75, 3.05) is 0 Å². The van der Waals surface area contributed by atoms with Crippen molar-refractivity contribution in [3.63, 3.8) is 0 Å². The van der Waals surface area contributed by atoms with Crippen molar-refractivity contribution in [3.05, 3.63) is 48.7 Å². The van der Waals surface area contributed by atoms with E-state index in [1.165, 1.54) is 22.7 Å². The van der Waals surface area contributed by atoms with Gasteiger partial charge in [-0.25, -0.2) is 9.97 Å². The average Bonchev–Trinajstić information content (AvgIpc) is 3.23. The number of nitrogens with zero attached hydrogens (tertiary/aromatic N) is 3. The van der Waals surface area contributed by atoms with E-state index in [1.807, 2.05) is 42.4 Å². The van der Waals surface area contributed by atoms with E-state index in [4.69, 9.17) is 5.11 Å². The molecule has 3 aromatic heterocycles. The maximum absolute atomic E-state index is 9.97. The van der Waals surface area contributed by atoms with Gasteiger partial charge < -0.3 is 6.53 Å². The molecule has 24 heavy (non-hydrogen) atoms. The number of hydrogen-bond donors (Lipinski definition) is 1. The van der Waals surface area contributed by atoms with Gasteiger partial charge in [-0.2, -0.15) is 0 Å². The van der Waals surface area contributed by atoms with Gasteiger partial charge in [0.1, 0.15) is 5.01 Å². The van der Waals surface area contributed by atoms with Crippen LogP contribution in [-0.4, -0.2) is 34.8 Å². The Morgan fingerprint density at radius 1 is 1.08 bits per heavy atom. The van der Waals surface area contributed by atoms with Crippen LogP contribution in [0.25, 0.3) is 0 Å². The van der Waals surface area contributed by atoms with E-state index < -0.39 is 0 Å². The van der Waals surface area contributed by atoms with Gasteiger partial charge in [-0.15, -0.1) is 34.0 Å². The van der Waals surface area contributed by atoms with Crippen molar-refractivity contribution in [1.82, 2.24) is 15.0 Å². The molecule has 3 radical (unpaired) electrons. The maximum atomic E-state index is 9.97. The number of aldehydes is 1. The summed E-state index contributed by atoms with van der Waals surface area (Å²) in [7, 11) is 0. The third kappa shape index (κ3) is 11.2. The Morgan fingerprint density at radius 2 is 1.71 bits per heavy atom. The molecule has 0 unspecified atom stereocenters. The van der Waals surface area contributed by atoms with Crippen LogP contribution in [0.3, 0.4) is 0 Å². The number of aryl methyl sites for hydroxylation is 3. The zero-order valence-corrected chi connectivity index (χ0v) is 18.5. The topological polar surface area (TPSA) is 76.0 Å². The number of hydrogen-bond acceptors (Lipinski definition) is 8. The van der Waals surface area contributed by atoms with Crippen LogP contribution >= 0.6 is 34.0 Å². The molecule has 0 amide bonds. The van der Waals surface area contributed by atoms with Gasteiger partial charge in [-0.1, -0.05) is 0 Å². The van der Waals surface area contributed by atoms with Crippen LogP contribution in [-0.2, 0) is 6.61 Å². The number of aromatic nitrogens is 3. The molecule has 0 saturated carbocycles. The Bertz CT molecular complexity index is 680. The summed E-state index contributed by atoms with van der Waals surface area (Å²) in [6.07, 6.45) is 0.762. The summed E-state index contributed by atoms with van der Waals surface area (Å²) in [5, 5.41) is 15.6. The molecular weight excluding hydrogens is 372 g/mol. The second-order valence-corrected chi connectivity index (χ2v) is 6.67. The first kappa shape index (κ1) is 25.8. The van der Waals surface area contributed by atoms with Gasteiger partial charge in [-0.05, 0) is 20.8 Å². The Hall–Kier alpha value is -0.415. The molecular formula is C14H18BN3NaO2S3. The van der Waals surface area contributed by atoms with Crippen LogP contribution in [0.4, 0.5) is 0 Å². The molecule has 0 saturated heterocycles. The summed E-state index contributed by atoms with van der Waals surface area (Å²) >= 11 is 4.49. The number of aliphatic hydroxyl groups is 1. The summed E-state index contributed by atoms with van der Waals surface area (Å²) in [6.45, 7) is 5.83. The largest absolute Gasteiger partial charge is 1.00 e. The van der Waals surface area contributed by atoms with Gasteiger partial charge in [0.25, 0.3) is 0 Å². The maximum Gasteiger partial charge on any atom is 1.00 e. The molecule has 0 aliphatic heterocycles. The van der Waals surface area contributed by atoms with Gasteiger partial charge in [-0.3, -0.25) is 9.78 Å². The van der Waals surface area contributed by atoms with Crippen LogP contribution in [0.1, 0.15) is 33.3 Å². The summed E-state index contributed by atoms with van der Waals surface area (Å²) in [5.74, 6) is 0. The predicted molar refractivity (Wildman–Crippen MR) is 98.7 cm³/mol. The Balaban J connectivity index is -0.000000277. The zero-order chi connectivity index (χ0) is 16.4. The summed E-state index contributed by atoms with van der Waals surface area (Å²) in [6, 6.07) is 0. The van der Waals surface area contributed by atoms with E-state index in [0.29, 0.717) is 5.01 Å². The number of thiazole rings is 3. The molecule has 0 aliphatic rings. The molecule has 3 rings (SSSR count). The molecule has 1 N–H and O–H groups in total. The molecule has 0 spiro atoms. The van der Waals surface area contributed by atoms with Crippen molar-refractivity contribution in [3.8, 4) is 0 Å². The van der Waals surface area contributed by atoms with Crippen molar-refractivity contribution in [1.29, 1.82) is 0 Å². The van der Waals surface area contributed by atoms with Crippen molar-refractivity contribution in [2.45, 2.75) is 27.4 Å². The molecule has 0 atom stereocenters.